The number of aryl methyl sites for hydroxylation is 1. The summed E-state index contributed by atoms with van der Waals surface area (Å²) in [7, 11) is 0. The van der Waals surface area contributed by atoms with Gasteiger partial charge in [0.2, 0.25) is 0 Å². The Morgan fingerprint density at radius 3 is 2.29 bits per heavy atom. The summed E-state index contributed by atoms with van der Waals surface area (Å²) >= 11 is 0. The van der Waals surface area contributed by atoms with Crippen molar-refractivity contribution in [3.8, 4) is 5.75 Å². The minimum absolute atomic E-state index is 0.137. The first kappa shape index (κ1) is 30.1. The number of carbonyl (C=O) groups is 2. The maximum absolute atomic E-state index is 14.1. The molecule has 2 amide bonds. The van der Waals surface area contributed by atoms with E-state index < -0.39 is 0 Å². The number of rotatable bonds is 9. The lowest BCUT2D eigenvalue weighted by Gasteiger charge is -2.36. The van der Waals surface area contributed by atoms with Gasteiger partial charge >= 0.3 is 0 Å². The molecule has 0 aliphatic carbocycles. The van der Waals surface area contributed by atoms with Crippen LogP contribution in [0.1, 0.15) is 33.5 Å². The second-order valence-electron chi connectivity index (χ2n) is 11.5. The molecule has 0 spiro atoms. The van der Waals surface area contributed by atoms with E-state index in [1.165, 1.54) is 11.6 Å². The quantitative estimate of drug-likeness (QED) is 0.186. The molecule has 6 rings (SSSR count). The molecule has 0 unspecified atom stereocenters. The Balaban J connectivity index is 1.01. The lowest BCUT2D eigenvalue weighted by molar-refractivity contribution is -0.117. The van der Waals surface area contributed by atoms with Crippen molar-refractivity contribution in [3.05, 3.63) is 131 Å². The SMILES string of the molecule is Cc1ccc(CN2C(=O)C(=Cc3ccc(C(=O)NCCCN4CCN(c5ccccc5F)CC4)cc3)Oc3ccccc32)cc1. The van der Waals surface area contributed by atoms with Gasteiger partial charge in [-0.25, -0.2) is 4.39 Å². The Bertz CT molecular complexity index is 1680. The van der Waals surface area contributed by atoms with Gasteiger partial charge in [0.15, 0.2) is 11.5 Å². The molecule has 0 atom stereocenters. The van der Waals surface area contributed by atoms with Crippen molar-refractivity contribution < 1.29 is 18.7 Å². The van der Waals surface area contributed by atoms with Crippen molar-refractivity contribution in [3.63, 3.8) is 0 Å². The zero-order valence-corrected chi connectivity index (χ0v) is 25.4. The monoisotopic (exact) mass is 604 g/mol. The summed E-state index contributed by atoms with van der Waals surface area (Å²) < 4.78 is 20.1. The number of nitrogens with one attached hydrogen (secondary N) is 1. The molecule has 4 aromatic rings. The summed E-state index contributed by atoms with van der Waals surface area (Å²) in [6.45, 7) is 7.19. The van der Waals surface area contributed by atoms with Crippen LogP contribution in [0, 0.1) is 12.7 Å². The average Bonchev–Trinajstić information content (AvgIpc) is 3.07. The van der Waals surface area contributed by atoms with Gasteiger partial charge in [-0.05, 0) is 73.5 Å². The fourth-order valence-corrected chi connectivity index (χ4v) is 5.70. The third-order valence-electron chi connectivity index (χ3n) is 8.27. The lowest BCUT2D eigenvalue weighted by atomic mass is 10.1. The van der Waals surface area contributed by atoms with Gasteiger partial charge in [-0.3, -0.25) is 19.4 Å². The molecular formula is C37H37FN4O3. The van der Waals surface area contributed by atoms with Crippen molar-refractivity contribution in [2.45, 2.75) is 19.9 Å². The zero-order valence-electron chi connectivity index (χ0n) is 25.4. The number of fused-ring (bicyclic) bond motifs is 1. The number of benzene rings is 4. The van der Waals surface area contributed by atoms with Gasteiger partial charge in [0.1, 0.15) is 5.82 Å². The molecule has 45 heavy (non-hydrogen) atoms. The van der Waals surface area contributed by atoms with Crippen LogP contribution in [0.25, 0.3) is 6.08 Å². The van der Waals surface area contributed by atoms with Crippen molar-refractivity contribution in [1.29, 1.82) is 0 Å². The predicted molar refractivity (Wildman–Crippen MR) is 176 cm³/mol. The number of hydrogen-bond acceptors (Lipinski definition) is 5. The van der Waals surface area contributed by atoms with Crippen LogP contribution in [-0.2, 0) is 11.3 Å². The number of ether oxygens (including phenoxy) is 1. The number of carbonyl (C=O) groups excluding carboxylic acids is 2. The topological polar surface area (TPSA) is 65.1 Å². The first-order chi connectivity index (χ1) is 21.9. The number of para-hydroxylation sites is 3. The first-order valence-corrected chi connectivity index (χ1v) is 15.4. The molecule has 4 aromatic carbocycles. The third-order valence-corrected chi connectivity index (χ3v) is 8.27. The highest BCUT2D eigenvalue weighted by Gasteiger charge is 2.30. The Morgan fingerprint density at radius 2 is 1.56 bits per heavy atom. The number of hydrogen-bond donors (Lipinski definition) is 1. The maximum atomic E-state index is 14.1. The van der Waals surface area contributed by atoms with E-state index in [1.807, 2.05) is 79.7 Å². The van der Waals surface area contributed by atoms with E-state index in [9.17, 15) is 14.0 Å². The Hall–Kier alpha value is -4.95. The number of amides is 2. The van der Waals surface area contributed by atoms with Gasteiger partial charge in [-0.1, -0.05) is 66.2 Å². The van der Waals surface area contributed by atoms with Gasteiger partial charge < -0.3 is 15.0 Å². The van der Waals surface area contributed by atoms with E-state index in [2.05, 4.69) is 15.1 Å². The highest BCUT2D eigenvalue weighted by Crippen LogP contribution is 2.36. The summed E-state index contributed by atoms with van der Waals surface area (Å²) in [6.07, 6.45) is 2.55. The van der Waals surface area contributed by atoms with E-state index >= 15 is 0 Å². The molecule has 0 radical (unpaired) electrons. The largest absolute Gasteiger partial charge is 0.449 e. The number of nitrogens with zero attached hydrogens (tertiary/aromatic N) is 3. The summed E-state index contributed by atoms with van der Waals surface area (Å²) in [6, 6.07) is 29.7. The number of anilines is 2. The number of halogens is 1. The molecule has 1 N–H and O–H groups in total. The van der Waals surface area contributed by atoms with Crippen LogP contribution in [0.2, 0.25) is 0 Å². The summed E-state index contributed by atoms with van der Waals surface area (Å²) in [5.41, 5.74) is 4.91. The van der Waals surface area contributed by atoms with Gasteiger partial charge in [0, 0.05) is 38.3 Å². The van der Waals surface area contributed by atoms with E-state index in [0.717, 1.165) is 56.0 Å². The molecule has 8 heteroatoms. The molecule has 2 aliphatic heterocycles. The fraction of sp³-hybridized carbons (Fsp3) is 0.243. The molecule has 1 fully saturated rings. The smallest absolute Gasteiger partial charge is 0.294 e. The Kier molecular flexibility index (Phi) is 9.22. The van der Waals surface area contributed by atoms with Crippen LogP contribution < -0.4 is 19.9 Å². The molecule has 1 saturated heterocycles. The normalized spacial score (nSPS) is 16.0. The van der Waals surface area contributed by atoms with Crippen LogP contribution in [0.5, 0.6) is 5.75 Å². The Labute approximate surface area is 263 Å². The molecule has 0 aromatic heterocycles. The summed E-state index contributed by atoms with van der Waals surface area (Å²) in [4.78, 5) is 32.5. The van der Waals surface area contributed by atoms with Crippen LogP contribution in [-0.4, -0.2) is 56.0 Å². The minimum atomic E-state index is -0.218. The van der Waals surface area contributed by atoms with Crippen LogP contribution in [0.15, 0.2) is 103 Å². The summed E-state index contributed by atoms with van der Waals surface area (Å²) in [5, 5.41) is 3.01. The van der Waals surface area contributed by atoms with E-state index in [4.69, 9.17) is 4.74 Å². The van der Waals surface area contributed by atoms with Gasteiger partial charge in [-0.2, -0.15) is 0 Å². The Morgan fingerprint density at radius 1 is 0.867 bits per heavy atom. The lowest BCUT2D eigenvalue weighted by Crippen LogP contribution is -2.47. The zero-order chi connectivity index (χ0) is 31.2. The van der Waals surface area contributed by atoms with Crippen molar-refractivity contribution in [1.82, 2.24) is 10.2 Å². The van der Waals surface area contributed by atoms with Crippen molar-refractivity contribution >= 4 is 29.3 Å². The van der Waals surface area contributed by atoms with E-state index in [1.54, 1.807) is 29.2 Å². The maximum Gasteiger partial charge on any atom is 0.294 e. The molecule has 0 bridgehead atoms. The standard InChI is InChI=1S/C37H37FN4O3/c1-27-11-13-29(14-12-27)26-42-33-9-4-5-10-34(33)45-35(37(42)44)25-28-15-17-30(18-16-28)36(43)39-19-6-20-40-21-23-41(24-22-40)32-8-3-2-7-31(32)38/h2-5,7-18,25H,6,19-24,26H2,1H3,(H,39,43). The minimum Gasteiger partial charge on any atom is -0.449 e. The highest BCUT2D eigenvalue weighted by molar-refractivity contribution is 6.09. The molecule has 230 valence electrons. The molecule has 7 nitrogen and oxygen atoms in total. The molecule has 0 saturated carbocycles. The third kappa shape index (κ3) is 7.24. The van der Waals surface area contributed by atoms with Crippen molar-refractivity contribution in [2.24, 2.45) is 0 Å². The van der Waals surface area contributed by atoms with Crippen molar-refractivity contribution in [2.75, 3.05) is 49.1 Å². The fourth-order valence-electron chi connectivity index (χ4n) is 5.70. The average molecular weight is 605 g/mol. The van der Waals surface area contributed by atoms with Crippen LogP contribution >= 0.6 is 0 Å². The van der Waals surface area contributed by atoms with Gasteiger partial charge in [0.25, 0.3) is 11.8 Å². The molecule has 2 heterocycles. The molecule has 2 aliphatic rings. The second-order valence-corrected chi connectivity index (χ2v) is 11.5. The van der Waals surface area contributed by atoms with Gasteiger partial charge in [0.05, 0.1) is 17.9 Å². The van der Waals surface area contributed by atoms with Gasteiger partial charge in [-0.15, -0.1) is 0 Å². The first-order valence-electron chi connectivity index (χ1n) is 15.4. The summed E-state index contributed by atoms with van der Waals surface area (Å²) in [5.74, 6) is 0.318. The molecular weight excluding hydrogens is 567 g/mol. The van der Waals surface area contributed by atoms with Crippen LogP contribution in [0.4, 0.5) is 15.8 Å². The van der Waals surface area contributed by atoms with Crippen LogP contribution in [0.3, 0.4) is 0 Å². The predicted octanol–water partition coefficient (Wildman–Crippen LogP) is 6.04. The van der Waals surface area contributed by atoms with E-state index in [0.29, 0.717) is 30.1 Å². The van der Waals surface area contributed by atoms with E-state index in [-0.39, 0.29) is 23.4 Å². The number of piperazine rings is 1. The highest BCUT2D eigenvalue weighted by atomic mass is 19.1. The second kappa shape index (κ2) is 13.8.